The summed E-state index contributed by atoms with van der Waals surface area (Å²) in [6, 6.07) is 6.56. The first-order chi connectivity index (χ1) is 9.81. The van der Waals surface area contributed by atoms with E-state index in [4.69, 9.17) is 5.73 Å². The van der Waals surface area contributed by atoms with E-state index in [1.807, 2.05) is 0 Å². The average Bonchev–Trinajstić information content (AvgIpc) is 2.94. The number of nitrogens with one attached hydrogen (secondary N) is 1. The summed E-state index contributed by atoms with van der Waals surface area (Å²) in [6.45, 7) is 0.865. The van der Waals surface area contributed by atoms with Crippen LogP contribution in [0.4, 0.5) is 5.69 Å². The van der Waals surface area contributed by atoms with E-state index < -0.39 is 0 Å². The molecule has 0 amide bonds. The second-order valence-corrected chi connectivity index (χ2v) is 6.97. The lowest BCUT2D eigenvalue weighted by Crippen LogP contribution is -2.24. The number of benzene rings is 1. The van der Waals surface area contributed by atoms with Gasteiger partial charge in [0.25, 0.3) is 0 Å². The zero-order valence-corrected chi connectivity index (χ0v) is 15.5. The summed E-state index contributed by atoms with van der Waals surface area (Å²) in [5.74, 6) is 3.83. The molecule has 0 aromatic heterocycles. The number of hydrogen-bond acceptors (Lipinski definition) is 2. The Kier molecular flexibility index (Phi) is 6.67. The molecule has 1 heterocycles. The molecule has 1 aromatic rings. The van der Waals surface area contributed by atoms with Crippen molar-refractivity contribution >= 4 is 47.4 Å². The number of aliphatic imine (C=N–C) groups is 1. The molecular formula is C16H24IN3S. The summed E-state index contributed by atoms with van der Waals surface area (Å²) in [6.07, 6.45) is 6.25. The van der Waals surface area contributed by atoms with Gasteiger partial charge in [-0.1, -0.05) is 6.07 Å². The highest BCUT2D eigenvalue weighted by atomic mass is 127. The lowest BCUT2D eigenvalue weighted by Gasteiger charge is -2.19. The smallest absolute Gasteiger partial charge is 0.193 e. The van der Waals surface area contributed by atoms with Crippen LogP contribution in [0.3, 0.4) is 0 Å². The highest BCUT2D eigenvalue weighted by molar-refractivity contribution is 14.0. The molecule has 3 rings (SSSR count). The van der Waals surface area contributed by atoms with E-state index in [2.05, 4.69) is 40.3 Å². The van der Waals surface area contributed by atoms with E-state index in [-0.39, 0.29) is 24.0 Å². The molecule has 1 aliphatic heterocycles. The van der Waals surface area contributed by atoms with E-state index in [9.17, 15) is 0 Å². The normalized spacial score (nSPS) is 19.0. The van der Waals surface area contributed by atoms with E-state index in [0.29, 0.717) is 5.96 Å². The third-order valence-corrected chi connectivity index (χ3v) is 5.28. The number of guanidine groups is 1. The van der Waals surface area contributed by atoms with Gasteiger partial charge in [-0.3, -0.25) is 4.99 Å². The number of halogens is 1. The number of thioether (sulfide) groups is 1. The van der Waals surface area contributed by atoms with E-state index >= 15 is 0 Å². The molecule has 0 saturated carbocycles. The van der Waals surface area contributed by atoms with Crippen molar-refractivity contribution in [3.8, 4) is 0 Å². The standard InChI is InChI=1S/C16H23N3S.HI/c17-16(18-11-12-6-8-20-9-7-12)19-15-5-4-13-2-1-3-14(13)10-15;/h4-5,10,12H,1-3,6-9,11H2,(H3,17,18,19);1H. The Bertz CT molecular complexity index is 498. The molecule has 5 heteroatoms. The Balaban J connectivity index is 0.00000161. The lowest BCUT2D eigenvalue weighted by atomic mass is 10.0. The van der Waals surface area contributed by atoms with E-state index in [1.165, 1.54) is 54.7 Å². The first-order valence-electron chi connectivity index (χ1n) is 7.58. The molecule has 3 N–H and O–H groups in total. The van der Waals surface area contributed by atoms with Crippen LogP contribution < -0.4 is 11.1 Å². The topological polar surface area (TPSA) is 50.4 Å². The Labute approximate surface area is 148 Å². The van der Waals surface area contributed by atoms with Gasteiger partial charge in [0.1, 0.15) is 0 Å². The van der Waals surface area contributed by atoms with Crippen LogP contribution in [0, 0.1) is 5.92 Å². The molecule has 1 fully saturated rings. The summed E-state index contributed by atoms with van der Waals surface area (Å²) in [5, 5.41) is 3.23. The van der Waals surface area contributed by atoms with Crippen molar-refractivity contribution in [1.29, 1.82) is 0 Å². The number of rotatable bonds is 3. The monoisotopic (exact) mass is 417 g/mol. The highest BCUT2D eigenvalue weighted by Gasteiger charge is 2.13. The van der Waals surface area contributed by atoms with Crippen LogP contribution in [-0.4, -0.2) is 24.0 Å². The van der Waals surface area contributed by atoms with Crippen LogP contribution in [0.2, 0.25) is 0 Å². The number of hydrogen-bond donors (Lipinski definition) is 2. The first kappa shape index (κ1) is 16.9. The largest absolute Gasteiger partial charge is 0.370 e. The Morgan fingerprint density at radius 1 is 1.24 bits per heavy atom. The fourth-order valence-electron chi connectivity index (χ4n) is 2.99. The number of nitrogens with zero attached hydrogens (tertiary/aromatic N) is 1. The highest BCUT2D eigenvalue weighted by Crippen LogP contribution is 2.25. The van der Waals surface area contributed by atoms with Crippen LogP contribution in [0.5, 0.6) is 0 Å². The second kappa shape index (κ2) is 8.27. The summed E-state index contributed by atoms with van der Waals surface area (Å²) in [4.78, 5) is 4.51. The predicted octanol–water partition coefficient (Wildman–Crippen LogP) is 3.66. The number of fused-ring (bicyclic) bond motifs is 1. The van der Waals surface area contributed by atoms with Gasteiger partial charge >= 0.3 is 0 Å². The van der Waals surface area contributed by atoms with Crippen LogP contribution in [0.15, 0.2) is 23.2 Å². The Morgan fingerprint density at radius 3 is 2.81 bits per heavy atom. The fraction of sp³-hybridized carbons (Fsp3) is 0.562. The van der Waals surface area contributed by atoms with Gasteiger partial charge in [-0.15, -0.1) is 24.0 Å². The van der Waals surface area contributed by atoms with Gasteiger partial charge in [-0.25, -0.2) is 0 Å². The maximum Gasteiger partial charge on any atom is 0.193 e. The minimum absolute atomic E-state index is 0. The number of anilines is 1. The van der Waals surface area contributed by atoms with Crippen LogP contribution in [0.25, 0.3) is 0 Å². The SMILES string of the molecule is I.NC(=NCC1CCSCC1)Nc1ccc2c(c1)CCC2. The molecule has 116 valence electrons. The van der Waals surface area contributed by atoms with Crippen molar-refractivity contribution in [2.75, 3.05) is 23.4 Å². The molecule has 0 unspecified atom stereocenters. The maximum absolute atomic E-state index is 6.00. The molecule has 21 heavy (non-hydrogen) atoms. The van der Waals surface area contributed by atoms with Crippen molar-refractivity contribution in [3.63, 3.8) is 0 Å². The van der Waals surface area contributed by atoms with Gasteiger partial charge < -0.3 is 11.1 Å². The van der Waals surface area contributed by atoms with Gasteiger partial charge in [0, 0.05) is 12.2 Å². The van der Waals surface area contributed by atoms with Gasteiger partial charge in [-0.2, -0.15) is 11.8 Å². The molecule has 0 bridgehead atoms. The van der Waals surface area contributed by atoms with Gasteiger partial charge in [0.2, 0.25) is 0 Å². The molecule has 3 nitrogen and oxygen atoms in total. The Hall–Kier alpha value is -0.430. The van der Waals surface area contributed by atoms with Gasteiger partial charge in [-0.05, 0) is 72.8 Å². The van der Waals surface area contributed by atoms with E-state index in [1.54, 1.807) is 0 Å². The number of aryl methyl sites for hydroxylation is 2. The van der Waals surface area contributed by atoms with Crippen molar-refractivity contribution < 1.29 is 0 Å². The van der Waals surface area contributed by atoms with Crippen molar-refractivity contribution in [2.24, 2.45) is 16.6 Å². The van der Waals surface area contributed by atoms with Crippen LogP contribution in [0.1, 0.15) is 30.4 Å². The molecule has 1 aromatic carbocycles. The first-order valence-corrected chi connectivity index (χ1v) is 8.73. The van der Waals surface area contributed by atoms with Gasteiger partial charge in [0.05, 0.1) is 0 Å². The molecule has 0 radical (unpaired) electrons. The predicted molar refractivity (Wildman–Crippen MR) is 104 cm³/mol. The summed E-state index contributed by atoms with van der Waals surface area (Å²) in [7, 11) is 0. The fourth-order valence-corrected chi connectivity index (χ4v) is 4.20. The van der Waals surface area contributed by atoms with Crippen molar-refractivity contribution in [2.45, 2.75) is 32.1 Å². The zero-order valence-electron chi connectivity index (χ0n) is 12.3. The molecule has 1 aliphatic carbocycles. The minimum Gasteiger partial charge on any atom is -0.370 e. The third-order valence-electron chi connectivity index (χ3n) is 4.23. The average molecular weight is 417 g/mol. The van der Waals surface area contributed by atoms with Gasteiger partial charge in [0.15, 0.2) is 5.96 Å². The lowest BCUT2D eigenvalue weighted by molar-refractivity contribution is 0.503. The zero-order chi connectivity index (χ0) is 13.8. The molecule has 0 spiro atoms. The summed E-state index contributed by atoms with van der Waals surface area (Å²) >= 11 is 2.05. The number of nitrogens with two attached hydrogens (primary N) is 1. The minimum atomic E-state index is 0. The van der Waals surface area contributed by atoms with Crippen LogP contribution >= 0.6 is 35.7 Å². The summed E-state index contributed by atoms with van der Waals surface area (Å²) in [5.41, 5.74) is 10.0. The molecule has 2 aliphatic rings. The van der Waals surface area contributed by atoms with Crippen molar-refractivity contribution in [3.05, 3.63) is 29.3 Å². The third kappa shape index (κ3) is 4.77. The second-order valence-electron chi connectivity index (χ2n) is 5.74. The quantitative estimate of drug-likeness (QED) is 0.448. The molecule has 1 saturated heterocycles. The Morgan fingerprint density at radius 2 is 2.00 bits per heavy atom. The molecular weight excluding hydrogens is 393 g/mol. The summed E-state index contributed by atoms with van der Waals surface area (Å²) < 4.78 is 0. The van der Waals surface area contributed by atoms with E-state index in [0.717, 1.165) is 18.2 Å². The maximum atomic E-state index is 6.00. The van der Waals surface area contributed by atoms with Crippen molar-refractivity contribution in [1.82, 2.24) is 0 Å². The molecule has 0 atom stereocenters. The van der Waals surface area contributed by atoms with Crippen LogP contribution in [-0.2, 0) is 12.8 Å².